The van der Waals surface area contributed by atoms with E-state index in [2.05, 4.69) is 182 Å². The van der Waals surface area contributed by atoms with Crippen molar-refractivity contribution in [3.63, 3.8) is 0 Å². The van der Waals surface area contributed by atoms with Crippen molar-refractivity contribution in [3.8, 4) is 0 Å². The maximum absolute atomic E-state index is 4.12. The number of benzene rings is 6. The van der Waals surface area contributed by atoms with Crippen molar-refractivity contribution in [2.24, 2.45) is 0 Å². The predicted molar refractivity (Wildman–Crippen MR) is 163 cm³/mol. The second kappa shape index (κ2) is 10.8. The van der Waals surface area contributed by atoms with Crippen LogP contribution in [-0.2, 0) is 3.43 Å². The Kier molecular flexibility index (Phi) is 6.98. The fourth-order valence-electron chi connectivity index (χ4n) is 6.43. The molecule has 0 nitrogen and oxygen atoms in total. The van der Waals surface area contributed by atoms with Crippen molar-refractivity contribution in [1.29, 1.82) is 0 Å². The van der Waals surface area contributed by atoms with E-state index < -0.39 is 18.4 Å². The van der Waals surface area contributed by atoms with Gasteiger partial charge in [-0.1, -0.05) is 0 Å². The van der Waals surface area contributed by atoms with Crippen LogP contribution >= 0.6 is 0 Å². The zero-order valence-electron chi connectivity index (χ0n) is 21.3. The molecule has 38 heavy (non-hydrogen) atoms. The Morgan fingerprint density at radius 3 is 0.711 bits per heavy atom. The Hall–Kier alpha value is -3.88. The molecule has 6 aromatic rings. The second-order valence-electron chi connectivity index (χ2n) is 9.70. The predicted octanol–water partition coefficient (Wildman–Crippen LogP) is 6.73. The van der Waals surface area contributed by atoms with Crippen LogP contribution in [0.15, 0.2) is 182 Å². The summed E-state index contributed by atoms with van der Waals surface area (Å²) >= 11 is -4.12. The monoisotopic (exact) mass is 594 g/mol. The molecule has 0 atom stereocenters. The first-order valence-electron chi connectivity index (χ1n) is 13.2. The first-order valence-corrected chi connectivity index (χ1v) is 18.9. The van der Waals surface area contributed by atoms with E-state index in [1.165, 1.54) is 27.4 Å². The molecule has 0 saturated carbocycles. The van der Waals surface area contributed by atoms with Crippen LogP contribution in [0.4, 0.5) is 0 Å². The van der Waals surface area contributed by atoms with Gasteiger partial charge in [0.15, 0.2) is 0 Å². The average molecular weight is 593 g/mol. The van der Waals surface area contributed by atoms with E-state index in [1.54, 1.807) is 0 Å². The third kappa shape index (κ3) is 3.92. The summed E-state index contributed by atoms with van der Waals surface area (Å²) in [5, 5.41) is 0. The van der Waals surface area contributed by atoms with Crippen molar-refractivity contribution >= 4 is 29.1 Å². The van der Waals surface area contributed by atoms with E-state index in [0.717, 1.165) is 0 Å². The summed E-state index contributed by atoms with van der Waals surface area (Å²) in [5.74, 6) is 0. The number of rotatable bonds is 7. The molecule has 6 aromatic carbocycles. The molecule has 0 aliphatic rings. The van der Waals surface area contributed by atoms with Gasteiger partial charge in [0.25, 0.3) is 0 Å². The molecule has 0 saturated heterocycles. The van der Waals surface area contributed by atoms with Gasteiger partial charge in [-0.05, 0) is 0 Å². The van der Waals surface area contributed by atoms with Gasteiger partial charge in [-0.15, -0.1) is 0 Å². The molecule has 0 fully saturated rings. The van der Waals surface area contributed by atoms with Crippen LogP contribution in [0.5, 0.6) is 0 Å². The molecule has 182 valence electrons. The van der Waals surface area contributed by atoms with Gasteiger partial charge in [0.05, 0.1) is 0 Å². The summed E-state index contributed by atoms with van der Waals surface area (Å²) in [7, 11) is 0. The Bertz CT molecular complexity index is 1250. The van der Waals surface area contributed by atoms with Gasteiger partial charge < -0.3 is 0 Å². The SMILES string of the molecule is c1ccc([C](c2ccccc2)(c2ccccc2)[Sn]([c]2ccccc2)([c]2ccccc2)[c]2ccccc2)cc1. The van der Waals surface area contributed by atoms with Crippen LogP contribution in [0, 0.1) is 0 Å². The molecule has 0 amide bonds. The van der Waals surface area contributed by atoms with E-state index >= 15 is 0 Å². The van der Waals surface area contributed by atoms with Crippen LogP contribution in [0.2, 0.25) is 0 Å². The number of hydrogen-bond donors (Lipinski definition) is 0. The molecule has 0 spiro atoms. The molecule has 0 bridgehead atoms. The van der Waals surface area contributed by atoms with E-state index in [0.29, 0.717) is 0 Å². The first kappa shape index (κ1) is 24.5. The molecule has 0 radical (unpaired) electrons. The van der Waals surface area contributed by atoms with Crippen molar-refractivity contribution in [1.82, 2.24) is 0 Å². The third-order valence-electron chi connectivity index (χ3n) is 7.80. The van der Waals surface area contributed by atoms with E-state index in [1.807, 2.05) is 0 Å². The zero-order valence-corrected chi connectivity index (χ0v) is 24.2. The quantitative estimate of drug-likeness (QED) is 0.142. The van der Waals surface area contributed by atoms with Crippen molar-refractivity contribution in [3.05, 3.63) is 199 Å². The van der Waals surface area contributed by atoms with Gasteiger partial charge in [-0.3, -0.25) is 0 Å². The van der Waals surface area contributed by atoms with Crippen LogP contribution in [-0.4, -0.2) is 18.4 Å². The summed E-state index contributed by atoms with van der Waals surface area (Å²) in [4.78, 5) is 0. The van der Waals surface area contributed by atoms with Gasteiger partial charge in [0, 0.05) is 0 Å². The minimum atomic E-state index is -4.12. The average Bonchev–Trinajstić information content (AvgIpc) is 3.02. The number of hydrogen-bond acceptors (Lipinski definition) is 0. The fourth-order valence-corrected chi connectivity index (χ4v) is 24.1. The fraction of sp³-hybridized carbons (Fsp3) is 0.0270. The van der Waals surface area contributed by atoms with Gasteiger partial charge in [-0.2, -0.15) is 0 Å². The Morgan fingerprint density at radius 1 is 0.263 bits per heavy atom. The van der Waals surface area contributed by atoms with Gasteiger partial charge in [0.2, 0.25) is 0 Å². The van der Waals surface area contributed by atoms with Crippen LogP contribution < -0.4 is 10.7 Å². The first-order chi connectivity index (χ1) is 18.9. The van der Waals surface area contributed by atoms with Crippen molar-refractivity contribution in [2.75, 3.05) is 0 Å². The molecule has 0 heterocycles. The van der Waals surface area contributed by atoms with Crippen molar-refractivity contribution in [2.45, 2.75) is 3.43 Å². The summed E-state index contributed by atoms with van der Waals surface area (Å²) in [6.07, 6.45) is 0. The molecule has 0 aliphatic carbocycles. The van der Waals surface area contributed by atoms with E-state index in [9.17, 15) is 0 Å². The molecular formula is C37H30Sn. The molecule has 0 unspecified atom stereocenters. The normalized spacial score (nSPS) is 11.7. The topological polar surface area (TPSA) is 0 Å². The standard InChI is InChI=1S/C19H15.3C6H5.Sn/c1-4-10-16(11-5-1)19(17-12-6-2-7-13-17)18-14-8-3-9-15-18;3*1-2-4-6-5-3-1;/h1-15H;3*1-5H;. The molecule has 0 N–H and O–H groups in total. The van der Waals surface area contributed by atoms with Crippen LogP contribution in [0.1, 0.15) is 16.7 Å². The van der Waals surface area contributed by atoms with Gasteiger partial charge in [0.1, 0.15) is 0 Å². The molecule has 0 aromatic heterocycles. The van der Waals surface area contributed by atoms with Gasteiger partial charge in [-0.25, -0.2) is 0 Å². The third-order valence-corrected chi connectivity index (χ3v) is 23.8. The summed E-state index contributed by atoms with van der Waals surface area (Å²) < 4.78 is 3.98. The summed E-state index contributed by atoms with van der Waals surface area (Å²) in [6, 6.07) is 67.8. The van der Waals surface area contributed by atoms with Gasteiger partial charge >= 0.3 is 231 Å². The van der Waals surface area contributed by atoms with E-state index in [-0.39, 0.29) is 3.43 Å². The Balaban J connectivity index is 1.93. The van der Waals surface area contributed by atoms with Crippen LogP contribution in [0.25, 0.3) is 0 Å². The Labute approximate surface area is 230 Å². The summed E-state index contributed by atoms with van der Waals surface area (Å²) in [5.41, 5.74) is 4.01. The molecular weight excluding hydrogens is 563 g/mol. The minimum absolute atomic E-state index is 0.386. The van der Waals surface area contributed by atoms with Crippen LogP contribution in [0.3, 0.4) is 0 Å². The maximum atomic E-state index is 2.39. The molecule has 0 aliphatic heterocycles. The molecule has 1 heteroatoms. The summed E-state index contributed by atoms with van der Waals surface area (Å²) in [6.45, 7) is 0. The van der Waals surface area contributed by atoms with E-state index in [4.69, 9.17) is 0 Å². The second-order valence-corrected chi connectivity index (χ2v) is 21.1. The molecule has 6 rings (SSSR count). The zero-order chi connectivity index (χ0) is 25.7. The Morgan fingerprint density at radius 2 is 0.474 bits per heavy atom. The van der Waals surface area contributed by atoms with Crippen molar-refractivity contribution < 1.29 is 0 Å².